The zero-order valence-corrected chi connectivity index (χ0v) is 18.8. The third kappa shape index (κ3) is 4.06. The summed E-state index contributed by atoms with van der Waals surface area (Å²) in [7, 11) is 0. The van der Waals surface area contributed by atoms with Gasteiger partial charge in [-0.15, -0.1) is 10.2 Å². The van der Waals surface area contributed by atoms with Gasteiger partial charge < -0.3 is 19.9 Å². The first kappa shape index (κ1) is 20.0. The number of ether oxygens (including phenoxy) is 2. The zero-order valence-electron chi connectivity index (χ0n) is 15.8. The molecule has 2 aromatic carbocycles. The number of halogens is 1. The van der Waals surface area contributed by atoms with Gasteiger partial charge in [-0.25, -0.2) is 0 Å². The molecule has 0 aliphatic carbocycles. The van der Waals surface area contributed by atoms with Gasteiger partial charge in [0.2, 0.25) is 11.0 Å². The monoisotopic (exact) mass is 522 g/mol. The number of para-hydroxylation sites is 1. The lowest BCUT2D eigenvalue weighted by Gasteiger charge is -2.21. The highest BCUT2D eigenvalue weighted by molar-refractivity contribution is 14.1. The van der Waals surface area contributed by atoms with Gasteiger partial charge in [-0.2, -0.15) is 4.98 Å². The number of benzene rings is 2. The molecule has 0 spiro atoms. The fourth-order valence-electron chi connectivity index (χ4n) is 3.00. The summed E-state index contributed by atoms with van der Waals surface area (Å²) in [6.07, 6.45) is -0.540. The molecule has 4 rings (SSSR count). The van der Waals surface area contributed by atoms with Crippen LogP contribution in [0.5, 0.6) is 17.4 Å². The SMILES string of the molecule is CCOc1cc([C@@H]2Nc3ccccc3-c3nnc(SCC)nc3O2)cc(I)c1O. The van der Waals surface area contributed by atoms with Gasteiger partial charge in [-0.05, 0) is 53.5 Å². The summed E-state index contributed by atoms with van der Waals surface area (Å²) in [5, 5.41) is 22.9. The summed E-state index contributed by atoms with van der Waals surface area (Å²) < 4.78 is 12.5. The first-order valence-electron chi connectivity index (χ1n) is 9.16. The van der Waals surface area contributed by atoms with Gasteiger partial charge >= 0.3 is 0 Å². The second-order valence-corrected chi connectivity index (χ2v) is 8.54. The van der Waals surface area contributed by atoms with E-state index in [2.05, 4.69) is 43.1 Å². The maximum Gasteiger partial charge on any atom is 0.247 e. The van der Waals surface area contributed by atoms with Crippen LogP contribution in [-0.4, -0.2) is 32.6 Å². The van der Waals surface area contributed by atoms with Crippen molar-refractivity contribution in [1.29, 1.82) is 0 Å². The highest BCUT2D eigenvalue weighted by atomic mass is 127. The van der Waals surface area contributed by atoms with Gasteiger partial charge in [0, 0.05) is 16.8 Å². The average Bonchev–Trinajstić information content (AvgIpc) is 2.88. The molecule has 0 fully saturated rings. The molecule has 7 nitrogen and oxygen atoms in total. The molecule has 2 heterocycles. The number of phenols is 1. The molecule has 0 radical (unpaired) electrons. The second kappa shape index (κ2) is 8.62. The van der Waals surface area contributed by atoms with Crippen LogP contribution in [0.2, 0.25) is 0 Å². The van der Waals surface area contributed by atoms with Crippen LogP contribution in [0.3, 0.4) is 0 Å². The molecule has 0 unspecified atom stereocenters. The minimum atomic E-state index is -0.540. The van der Waals surface area contributed by atoms with Gasteiger partial charge in [0.1, 0.15) is 0 Å². The third-order valence-electron chi connectivity index (χ3n) is 4.26. The van der Waals surface area contributed by atoms with Gasteiger partial charge in [0.05, 0.1) is 10.2 Å². The van der Waals surface area contributed by atoms with E-state index in [-0.39, 0.29) is 5.75 Å². The number of anilines is 1. The van der Waals surface area contributed by atoms with Gasteiger partial charge in [0.15, 0.2) is 23.4 Å². The molecular weight excluding hydrogens is 503 g/mol. The molecule has 1 aliphatic heterocycles. The van der Waals surface area contributed by atoms with Crippen LogP contribution >= 0.6 is 34.4 Å². The molecular formula is C20H19IN4O3S. The lowest BCUT2D eigenvalue weighted by atomic mass is 10.1. The quantitative estimate of drug-likeness (QED) is 0.363. The van der Waals surface area contributed by atoms with Crippen molar-refractivity contribution in [3.05, 3.63) is 45.5 Å². The summed E-state index contributed by atoms with van der Waals surface area (Å²) in [4.78, 5) is 4.58. The Morgan fingerprint density at radius 2 is 2.07 bits per heavy atom. The molecule has 1 atom stereocenters. The second-order valence-electron chi connectivity index (χ2n) is 6.15. The van der Waals surface area contributed by atoms with Crippen molar-refractivity contribution in [3.63, 3.8) is 0 Å². The smallest absolute Gasteiger partial charge is 0.247 e. The van der Waals surface area contributed by atoms with E-state index in [4.69, 9.17) is 9.47 Å². The zero-order chi connectivity index (χ0) is 20.4. The summed E-state index contributed by atoms with van der Waals surface area (Å²) in [6, 6.07) is 11.5. The number of hydrogen-bond acceptors (Lipinski definition) is 8. The first-order chi connectivity index (χ1) is 14.1. The molecule has 1 aliphatic rings. The average molecular weight is 522 g/mol. The molecule has 3 aromatic rings. The summed E-state index contributed by atoms with van der Waals surface area (Å²) in [5.41, 5.74) is 3.14. The van der Waals surface area contributed by atoms with E-state index in [1.54, 1.807) is 6.07 Å². The lowest BCUT2D eigenvalue weighted by molar-refractivity contribution is 0.224. The predicted octanol–water partition coefficient (Wildman–Crippen LogP) is 4.86. The van der Waals surface area contributed by atoms with Gasteiger partial charge in [-0.3, -0.25) is 0 Å². The van der Waals surface area contributed by atoms with Crippen LogP contribution in [0.15, 0.2) is 41.6 Å². The summed E-state index contributed by atoms with van der Waals surface area (Å²) in [5.74, 6) is 1.79. The highest BCUT2D eigenvalue weighted by Crippen LogP contribution is 2.41. The molecule has 0 bridgehead atoms. The van der Waals surface area contributed by atoms with Crippen molar-refractivity contribution in [2.45, 2.75) is 25.2 Å². The Labute approximate surface area is 186 Å². The Morgan fingerprint density at radius 1 is 1.24 bits per heavy atom. The molecule has 0 saturated carbocycles. The van der Waals surface area contributed by atoms with E-state index < -0.39 is 6.23 Å². The number of aromatic hydroxyl groups is 1. The van der Waals surface area contributed by atoms with E-state index in [1.165, 1.54) is 11.8 Å². The van der Waals surface area contributed by atoms with Crippen LogP contribution in [-0.2, 0) is 0 Å². The maximum atomic E-state index is 10.3. The molecule has 0 amide bonds. The number of rotatable bonds is 5. The summed E-state index contributed by atoms with van der Waals surface area (Å²) >= 11 is 3.59. The Balaban J connectivity index is 1.82. The molecule has 0 saturated heterocycles. The van der Waals surface area contributed by atoms with Crippen molar-refractivity contribution >= 4 is 40.0 Å². The van der Waals surface area contributed by atoms with E-state index in [0.29, 0.717) is 32.7 Å². The van der Waals surface area contributed by atoms with Gasteiger partial charge in [0.25, 0.3) is 0 Å². The fourth-order valence-corrected chi connectivity index (χ4v) is 4.13. The van der Waals surface area contributed by atoms with Crippen LogP contribution in [0.25, 0.3) is 11.3 Å². The van der Waals surface area contributed by atoms with Crippen molar-refractivity contribution in [1.82, 2.24) is 15.2 Å². The molecule has 29 heavy (non-hydrogen) atoms. The van der Waals surface area contributed by atoms with Crippen LogP contribution in [0, 0.1) is 3.57 Å². The Hall–Kier alpha value is -2.27. The molecule has 9 heteroatoms. The van der Waals surface area contributed by atoms with Crippen molar-refractivity contribution in [2.75, 3.05) is 17.7 Å². The van der Waals surface area contributed by atoms with Crippen LogP contribution in [0.1, 0.15) is 25.6 Å². The Bertz CT molecular complexity index is 1050. The third-order valence-corrected chi connectivity index (χ3v) is 5.80. The number of phenolic OH excluding ortho intramolecular Hbond substituents is 1. The number of fused-ring (bicyclic) bond motifs is 3. The van der Waals surface area contributed by atoms with E-state index in [1.807, 2.05) is 44.2 Å². The largest absolute Gasteiger partial charge is 0.504 e. The fraction of sp³-hybridized carbons (Fsp3) is 0.250. The van der Waals surface area contributed by atoms with Crippen LogP contribution < -0.4 is 14.8 Å². The van der Waals surface area contributed by atoms with Crippen molar-refractivity contribution in [3.8, 4) is 28.6 Å². The summed E-state index contributed by atoms with van der Waals surface area (Å²) in [6.45, 7) is 4.36. The Morgan fingerprint density at radius 3 is 2.86 bits per heavy atom. The van der Waals surface area contributed by atoms with E-state index in [0.717, 1.165) is 22.6 Å². The minimum Gasteiger partial charge on any atom is -0.504 e. The van der Waals surface area contributed by atoms with Gasteiger partial charge in [-0.1, -0.05) is 36.9 Å². The molecule has 2 N–H and O–H groups in total. The maximum absolute atomic E-state index is 10.3. The lowest BCUT2D eigenvalue weighted by Crippen LogP contribution is -2.17. The normalized spacial score (nSPS) is 14.8. The molecule has 150 valence electrons. The Kier molecular flexibility index (Phi) is 5.95. The number of aromatic nitrogens is 3. The van der Waals surface area contributed by atoms with E-state index >= 15 is 0 Å². The van der Waals surface area contributed by atoms with Crippen molar-refractivity contribution in [2.24, 2.45) is 0 Å². The minimum absolute atomic E-state index is 0.122. The first-order valence-corrected chi connectivity index (χ1v) is 11.2. The number of nitrogens with zero attached hydrogens (tertiary/aromatic N) is 3. The van der Waals surface area contributed by atoms with Crippen LogP contribution in [0.4, 0.5) is 5.69 Å². The number of hydrogen-bond donors (Lipinski definition) is 2. The molecule has 1 aromatic heterocycles. The highest BCUT2D eigenvalue weighted by Gasteiger charge is 2.27. The topological polar surface area (TPSA) is 89.4 Å². The van der Waals surface area contributed by atoms with Crippen molar-refractivity contribution < 1.29 is 14.6 Å². The standard InChI is InChI=1S/C20H19IN4O3S/c1-3-27-15-10-11(9-13(21)17(15)26)18-22-14-8-6-5-7-12(14)16-19(28-18)23-20(25-24-16)29-4-2/h5-10,18,22,26H,3-4H2,1-2H3/t18-/m1/s1. The van der Waals surface area contributed by atoms with E-state index in [9.17, 15) is 5.11 Å². The number of nitrogens with one attached hydrogen (secondary N) is 1. The predicted molar refractivity (Wildman–Crippen MR) is 121 cm³/mol. The number of thioether (sulfide) groups is 1.